The van der Waals surface area contributed by atoms with E-state index in [1.165, 1.54) is 6.20 Å². The van der Waals surface area contributed by atoms with E-state index in [4.69, 9.17) is 21.1 Å². The minimum Gasteiger partial charge on any atom is -0.450 e. The van der Waals surface area contributed by atoms with E-state index in [1.807, 2.05) is 26.1 Å². The van der Waals surface area contributed by atoms with Gasteiger partial charge >= 0.3 is 6.01 Å². The lowest BCUT2D eigenvalue weighted by atomic mass is 10.2. The van der Waals surface area contributed by atoms with Crippen LogP contribution in [-0.4, -0.2) is 40.7 Å². The zero-order valence-corrected chi connectivity index (χ0v) is 21.5. The van der Waals surface area contributed by atoms with Gasteiger partial charge in [0.2, 0.25) is 0 Å². The van der Waals surface area contributed by atoms with E-state index >= 15 is 0 Å². The molecule has 5 heterocycles. The van der Waals surface area contributed by atoms with Gasteiger partial charge in [0.1, 0.15) is 10.5 Å². The normalized spacial score (nSPS) is 13.6. The van der Waals surface area contributed by atoms with Crippen LogP contribution in [0.5, 0.6) is 23.3 Å². The molecular formula is C25H25ClN8O3. The van der Waals surface area contributed by atoms with Crippen molar-refractivity contribution >= 4 is 34.1 Å². The van der Waals surface area contributed by atoms with Crippen LogP contribution in [0.15, 0.2) is 41.8 Å². The summed E-state index contributed by atoms with van der Waals surface area (Å²) >= 11 is 6.77. The topological polar surface area (TPSA) is 113 Å². The number of aryl methyl sites for hydroxylation is 1. The lowest BCUT2D eigenvalue weighted by Gasteiger charge is -2.14. The van der Waals surface area contributed by atoms with Gasteiger partial charge in [0.25, 0.3) is 5.56 Å². The van der Waals surface area contributed by atoms with Gasteiger partial charge in [-0.2, -0.15) is 10.1 Å². The van der Waals surface area contributed by atoms with Crippen molar-refractivity contribution < 1.29 is 9.47 Å². The first-order chi connectivity index (χ1) is 17.9. The maximum Gasteiger partial charge on any atom is 0.304 e. The predicted molar refractivity (Wildman–Crippen MR) is 139 cm³/mol. The van der Waals surface area contributed by atoms with Crippen LogP contribution in [0, 0.1) is 0 Å². The summed E-state index contributed by atoms with van der Waals surface area (Å²) in [6, 6.07) is 2.03. The van der Waals surface area contributed by atoms with Gasteiger partial charge in [0.05, 0.1) is 12.4 Å². The second-order valence-corrected chi connectivity index (χ2v) is 9.69. The second kappa shape index (κ2) is 8.77. The lowest BCUT2D eigenvalue weighted by Crippen LogP contribution is -2.23. The second-order valence-electron chi connectivity index (χ2n) is 9.31. The molecule has 0 aliphatic heterocycles. The zero-order valence-electron chi connectivity index (χ0n) is 20.8. The molecule has 0 radical (unpaired) electrons. The average Bonchev–Trinajstić information content (AvgIpc) is 3.58. The highest BCUT2D eigenvalue weighted by atomic mass is 35.5. The third kappa shape index (κ3) is 3.95. The Labute approximate surface area is 216 Å². The molecule has 0 saturated heterocycles. The van der Waals surface area contributed by atoms with Gasteiger partial charge in [-0.25, -0.2) is 14.5 Å². The number of nitrogens with one attached hydrogen (secondary N) is 1. The van der Waals surface area contributed by atoms with Crippen molar-refractivity contribution in [2.75, 3.05) is 12.4 Å². The Morgan fingerprint density at radius 1 is 1.11 bits per heavy atom. The quantitative estimate of drug-likeness (QED) is 0.322. The molecule has 12 heteroatoms. The third-order valence-electron chi connectivity index (χ3n) is 6.46. The summed E-state index contributed by atoms with van der Waals surface area (Å²) < 4.78 is 17.2. The molecule has 11 nitrogen and oxygen atoms in total. The Balaban J connectivity index is 1.39. The van der Waals surface area contributed by atoms with Gasteiger partial charge in [-0.1, -0.05) is 11.6 Å². The maximum absolute atomic E-state index is 13.1. The molecule has 5 aromatic heterocycles. The first-order valence-electron chi connectivity index (χ1n) is 12.0. The largest absolute Gasteiger partial charge is 0.450 e. The molecule has 1 fully saturated rings. The monoisotopic (exact) mass is 520 g/mol. The fraction of sp³-hybridized carbons (Fsp3) is 0.320. The number of hydrogen-bond acceptors (Lipinski definition) is 8. The molecular weight excluding hydrogens is 496 g/mol. The Kier molecular flexibility index (Phi) is 5.52. The molecule has 1 aliphatic rings. The van der Waals surface area contributed by atoms with Crippen molar-refractivity contribution in [1.29, 1.82) is 0 Å². The lowest BCUT2D eigenvalue weighted by molar-refractivity contribution is 0.411. The van der Waals surface area contributed by atoms with E-state index in [0.29, 0.717) is 44.9 Å². The van der Waals surface area contributed by atoms with Gasteiger partial charge in [0, 0.05) is 38.7 Å². The SMILES string of the molecule is CNc1nccn2ncc(Oc3cnc4nc(Oc5cc(C6CC6)cn(C(C)C)c5=O)n(C)c4c3Cl)c12. The molecule has 1 N–H and O–H groups in total. The summed E-state index contributed by atoms with van der Waals surface area (Å²) in [6.45, 7) is 3.95. The van der Waals surface area contributed by atoms with Crippen LogP contribution in [0.25, 0.3) is 16.7 Å². The molecule has 1 saturated carbocycles. The van der Waals surface area contributed by atoms with Crippen LogP contribution in [-0.2, 0) is 7.05 Å². The minimum atomic E-state index is -0.212. The number of nitrogens with zero attached hydrogens (tertiary/aromatic N) is 7. The maximum atomic E-state index is 13.1. The summed E-state index contributed by atoms with van der Waals surface area (Å²) in [4.78, 5) is 26.4. The van der Waals surface area contributed by atoms with E-state index in [1.54, 1.807) is 46.3 Å². The Bertz CT molecular complexity index is 1720. The molecule has 0 bridgehead atoms. The fourth-order valence-corrected chi connectivity index (χ4v) is 4.64. The molecule has 6 rings (SSSR count). The Morgan fingerprint density at radius 2 is 1.92 bits per heavy atom. The van der Waals surface area contributed by atoms with Crippen LogP contribution >= 0.6 is 11.6 Å². The van der Waals surface area contributed by atoms with E-state index in [-0.39, 0.29) is 23.4 Å². The number of anilines is 1. The van der Waals surface area contributed by atoms with Gasteiger partial charge in [0.15, 0.2) is 34.2 Å². The van der Waals surface area contributed by atoms with Crippen molar-refractivity contribution in [3.05, 3.63) is 58.0 Å². The van der Waals surface area contributed by atoms with Crippen molar-refractivity contribution in [2.24, 2.45) is 7.05 Å². The molecule has 37 heavy (non-hydrogen) atoms. The Hall–Kier alpha value is -4.12. The van der Waals surface area contributed by atoms with Crippen molar-refractivity contribution in [3.63, 3.8) is 0 Å². The highest BCUT2D eigenvalue weighted by Gasteiger charge is 2.27. The van der Waals surface area contributed by atoms with Crippen molar-refractivity contribution in [2.45, 2.75) is 38.6 Å². The highest BCUT2D eigenvalue weighted by molar-refractivity contribution is 6.36. The molecule has 5 aromatic rings. The number of ether oxygens (including phenoxy) is 2. The molecule has 0 unspecified atom stereocenters. The molecule has 0 spiro atoms. The van der Waals surface area contributed by atoms with E-state index in [9.17, 15) is 4.79 Å². The summed E-state index contributed by atoms with van der Waals surface area (Å²) in [6.07, 6.45) is 10.6. The van der Waals surface area contributed by atoms with Crippen LogP contribution in [0.3, 0.4) is 0 Å². The number of aromatic nitrogens is 7. The number of rotatable bonds is 7. The standard InChI is InChI=1S/C25H25ClN8O3/c1-13(2)33-12-15(14-5-6-14)9-16(24(33)35)37-25-31-23-21(32(25)4)19(26)17(10-29-23)36-18-11-30-34-8-7-28-22(27-3)20(18)34/h7-14H,5-6H2,1-4H3,(H,27,28). The van der Waals surface area contributed by atoms with Crippen LogP contribution in [0.2, 0.25) is 5.02 Å². The van der Waals surface area contributed by atoms with Crippen molar-refractivity contribution in [1.82, 2.24) is 33.7 Å². The Morgan fingerprint density at radius 3 is 2.65 bits per heavy atom. The summed E-state index contributed by atoms with van der Waals surface area (Å²) in [5.41, 5.74) is 2.43. The van der Waals surface area contributed by atoms with Crippen LogP contribution < -0.4 is 20.3 Å². The number of halogens is 1. The van der Waals surface area contributed by atoms with E-state index in [0.717, 1.165) is 18.4 Å². The van der Waals surface area contributed by atoms with Crippen molar-refractivity contribution in [3.8, 4) is 23.3 Å². The highest BCUT2D eigenvalue weighted by Crippen LogP contribution is 2.41. The third-order valence-corrected chi connectivity index (χ3v) is 6.82. The van der Waals surface area contributed by atoms with Gasteiger partial charge in [-0.05, 0) is 44.2 Å². The van der Waals surface area contributed by atoms with E-state index < -0.39 is 0 Å². The summed E-state index contributed by atoms with van der Waals surface area (Å²) in [5, 5.41) is 7.65. The number of fused-ring (bicyclic) bond motifs is 2. The average molecular weight is 521 g/mol. The summed E-state index contributed by atoms with van der Waals surface area (Å²) in [7, 11) is 3.53. The number of hydrogen-bond donors (Lipinski definition) is 1. The first-order valence-corrected chi connectivity index (χ1v) is 12.4. The minimum absolute atomic E-state index is 0.00311. The number of pyridine rings is 2. The molecule has 0 atom stereocenters. The van der Waals surface area contributed by atoms with Crippen LogP contribution in [0.4, 0.5) is 5.82 Å². The van der Waals surface area contributed by atoms with Gasteiger partial charge in [-0.15, -0.1) is 0 Å². The fourth-order valence-electron chi connectivity index (χ4n) is 4.34. The smallest absolute Gasteiger partial charge is 0.304 e. The molecule has 0 amide bonds. The zero-order chi connectivity index (χ0) is 25.8. The van der Waals surface area contributed by atoms with Crippen LogP contribution in [0.1, 0.15) is 44.2 Å². The molecule has 190 valence electrons. The number of imidazole rings is 1. The van der Waals surface area contributed by atoms with E-state index in [2.05, 4.69) is 25.4 Å². The first kappa shape index (κ1) is 23.3. The molecule has 0 aromatic carbocycles. The summed E-state index contributed by atoms with van der Waals surface area (Å²) in [5.74, 6) is 2.08. The predicted octanol–water partition coefficient (Wildman–Crippen LogP) is 4.91. The van der Waals surface area contributed by atoms with Gasteiger partial charge in [-0.3, -0.25) is 9.36 Å². The molecule has 1 aliphatic carbocycles. The van der Waals surface area contributed by atoms with Gasteiger partial charge < -0.3 is 19.4 Å².